The third kappa shape index (κ3) is 4.63. The van der Waals surface area contributed by atoms with Crippen molar-refractivity contribution in [3.05, 3.63) is 47.8 Å². The van der Waals surface area contributed by atoms with E-state index in [1.165, 1.54) is 6.20 Å². The number of carboxylic acid groups (broad SMARTS) is 1. The van der Waals surface area contributed by atoms with Gasteiger partial charge in [-0.2, -0.15) is 5.26 Å². The van der Waals surface area contributed by atoms with Gasteiger partial charge in [-0.15, -0.1) is 0 Å². The summed E-state index contributed by atoms with van der Waals surface area (Å²) in [5.41, 5.74) is 2.04. The van der Waals surface area contributed by atoms with Crippen LogP contribution in [0.5, 0.6) is 0 Å². The molecule has 0 aliphatic heterocycles. The second kappa shape index (κ2) is 8.72. The molecule has 1 aromatic heterocycles. The molecule has 0 bridgehead atoms. The van der Waals surface area contributed by atoms with Crippen molar-refractivity contribution < 1.29 is 14.7 Å². The maximum atomic E-state index is 12.1. The second-order valence-electron chi connectivity index (χ2n) is 6.27. The molecule has 0 saturated heterocycles. The molecular weight excluding hydrogens is 332 g/mol. The third-order valence-corrected chi connectivity index (χ3v) is 4.04. The minimum absolute atomic E-state index is 0.157. The quantitative estimate of drug-likeness (QED) is 0.328. The Morgan fingerprint density at radius 3 is 2.73 bits per heavy atom. The Labute approximate surface area is 151 Å². The molecule has 2 aromatic rings. The number of carboxylic acids is 1. The highest BCUT2D eigenvalue weighted by atomic mass is 16.4. The van der Waals surface area contributed by atoms with E-state index in [0.29, 0.717) is 13.0 Å². The van der Waals surface area contributed by atoms with Gasteiger partial charge in [0.05, 0.1) is 0 Å². The maximum Gasteiger partial charge on any atom is 0.326 e. The fourth-order valence-electron chi connectivity index (χ4n) is 2.60. The van der Waals surface area contributed by atoms with E-state index in [9.17, 15) is 9.59 Å². The highest BCUT2D eigenvalue weighted by Crippen LogP contribution is 2.17. The van der Waals surface area contributed by atoms with E-state index in [4.69, 9.17) is 10.4 Å². The molecule has 0 spiro atoms. The number of hydrogen-bond donors (Lipinski definition) is 4. The fourth-order valence-corrected chi connectivity index (χ4v) is 2.60. The third-order valence-electron chi connectivity index (χ3n) is 4.04. The number of nitrogens with one attached hydrogen (secondary N) is 3. The molecule has 1 heterocycles. The number of nitriles is 1. The van der Waals surface area contributed by atoms with Gasteiger partial charge in [-0.3, -0.25) is 4.79 Å². The van der Waals surface area contributed by atoms with Gasteiger partial charge in [0.25, 0.3) is 5.91 Å². The summed E-state index contributed by atoms with van der Waals surface area (Å²) in [4.78, 5) is 26.4. The van der Waals surface area contributed by atoms with E-state index in [-0.39, 0.29) is 11.5 Å². The van der Waals surface area contributed by atoms with E-state index in [1.54, 1.807) is 19.9 Å². The van der Waals surface area contributed by atoms with Crippen LogP contribution in [0.15, 0.2) is 42.2 Å². The van der Waals surface area contributed by atoms with Gasteiger partial charge in [0.15, 0.2) is 0 Å². The molecule has 0 saturated carbocycles. The Bertz CT molecular complexity index is 861. The van der Waals surface area contributed by atoms with Gasteiger partial charge in [0.2, 0.25) is 0 Å². The number of aliphatic carboxylic acids is 1. The van der Waals surface area contributed by atoms with E-state index < -0.39 is 17.9 Å². The number of benzene rings is 1. The summed E-state index contributed by atoms with van der Waals surface area (Å²) in [7, 11) is 0. The summed E-state index contributed by atoms with van der Waals surface area (Å²) in [6.07, 6.45) is 3.97. The van der Waals surface area contributed by atoms with Crippen LogP contribution in [0.3, 0.4) is 0 Å². The lowest BCUT2D eigenvalue weighted by atomic mass is 10.0. The molecule has 0 radical (unpaired) electrons. The Kier molecular flexibility index (Phi) is 6.39. The van der Waals surface area contributed by atoms with Gasteiger partial charge >= 0.3 is 5.97 Å². The van der Waals surface area contributed by atoms with Gasteiger partial charge in [-0.25, -0.2) is 4.79 Å². The van der Waals surface area contributed by atoms with Crippen LogP contribution < -0.4 is 10.6 Å². The molecule has 0 aliphatic carbocycles. The zero-order valence-electron chi connectivity index (χ0n) is 14.7. The minimum Gasteiger partial charge on any atom is -0.480 e. The zero-order chi connectivity index (χ0) is 19.1. The number of H-pyrrole nitrogens is 1. The Balaban J connectivity index is 1.93. The van der Waals surface area contributed by atoms with Crippen molar-refractivity contribution >= 4 is 22.8 Å². The highest BCUT2D eigenvalue weighted by molar-refractivity contribution is 5.99. The van der Waals surface area contributed by atoms with Crippen LogP contribution in [0.25, 0.3) is 10.9 Å². The van der Waals surface area contributed by atoms with E-state index in [1.807, 2.05) is 30.5 Å². The van der Waals surface area contributed by atoms with Crippen LogP contribution in [0.4, 0.5) is 0 Å². The number of fused-ring (bicyclic) bond motifs is 1. The monoisotopic (exact) mass is 354 g/mol. The summed E-state index contributed by atoms with van der Waals surface area (Å²) >= 11 is 0. The summed E-state index contributed by atoms with van der Waals surface area (Å²) in [5.74, 6) is -2.11. The number of carbonyl (C=O) groups excluding carboxylic acids is 1. The van der Waals surface area contributed by atoms with Crippen LogP contribution in [0.1, 0.15) is 19.4 Å². The molecule has 1 amide bonds. The largest absolute Gasteiger partial charge is 0.480 e. The molecule has 4 N–H and O–H groups in total. The van der Waals surface area contributed by atoms with Crippen LogP contribution in [0.2, 0.25) is 0 Å². The number of aromatic amines is 1. The SMILES string of the molecule is CC(C)C(NC(=O)/C(C#N)=C\NCCc1c[nH]c2ccccc12)C(=O)O. The van der Waals surface area contributed by atoms with Crippen LogP contribution in [0, 0.1) is 17.2 Å². The van der Waals surface area contributed by atoms with Gasteiger partial charge in [0.1, 0.15) is 17.7 Å². The molecule has 136 valence electrons. The van der Waals surface area contributed by atoms with Crippen molar-refractivity contribution in [1.29, 1.82) is 5.26 Å². The smallest absolute Gasteiger partial charge is 0.326 e. The number of nitrogens with zero attached hydrogens (tertiary/aromatic N) is 1. The van der Waals surface area contributed by atoms with E-state index >= 15 is 0 Å². The summed E-state index contributed by atoms with van der Waals surface area (Å²) < 4.78 is 0. The predicted molar refractivity (Wildman–Crippen MR) is 98.1 cm³/mol. The van der Waals surface area contributed by atoms with Gasteiger partial charge in [0, 0.05) is 29.8 Å². The first-order valence-electron chi connectivity index (χ1n) is 8.36. The highest BCUT2D eigenvalue weighted by Gasteiger charge is 2.24. The van der Waals surface area contributed by atoms with Crippen LogP contribution in [-0.2, 0) is 16.0 Å². The van der Waals surface area contributed by atoms with Crippen molar-refractivity contribution in [1.82, 2.24) is 15.6 Å². The van der Waals surface area contributed by atoms with E-state index in [0.717, 1.165) is 16.5 Å². The standard InChI is InChI=1S/C19H22N4O3/c1-12(2)17(19(25)26)23-18(24)14(9-20)10-21-8-7-13-11-22-16-6-4-3-5-15(13)16/h3-6,10-12,17,21-22H,7-8H2,1-2H3,(H,23,24)(H,25,26)/b14-10-. The first-order chi connectivity index (χ1) is 12.4. The maximum absolute atomic E-state index is 12.1. The molecule has 0 fully saturated rings. The zero-order valence-corrected chi connectivity index (χ0v) is 14.7. The van der Waals surface area contributed by atoms with Crippen LogP contribution >= 0.6 is 0 Å². The predicted octanol–water partition coefficient (Wildman–Crippen LogP) is 1.93. The van der Waals surface area contributed by atoms with Crippen molar-refractivity contribution in [2.75, 3.05) is 6.54 Å². The number of aromatic nitrogens is 1. The fraction of sp³-hybridized carbons (Fsp3) is 0.316. The Morgan fingerprint density at radius 2 is 2.08 bits per heavy atom. The van der Waals surface area contributed by atoms with Crippen molar-refractivity contribution in [3.8, 4) is 6.07 Å². The molecule has 26 heavy (non-hydrogen) atoms. The molecule has 0 aliphatic rings. The molecule has 2 rings (SSSR count). The molecule has 1 atom stereocenters. The lowest BCUT2D eigenvalue weighted by Crippen LogP contribution is -2.44. The summed E-state index contributed by atoms with van der Waals surface area (Å²) in [5, 5.41) is 24.7. The molecule has 7 heteroatoms. The summed E-state index contributed by atoms with van der Waals surface area (Å²) in [6.45, 7) is 3.91. The molecule has 7 nitrogen and oxygen atoms in total. The average Bonchev–Trinajstić information content (AvgIpc) is 3.02. The molecular formula is C19H22N4O3. The van der Waals surface area contributed by atoms with Gasteiger partial charge in [-0.1, -0.05) is 32.0 Å². The number of hydrogen-bond acceptors (Lipinski definition) is 4. The first-order valence-corrected chi connectivity index (χ1v) is 8.36. The molecule has 1 aromatic carbocycles. The second-order valence-corrected chi connectivity index (χ2v) is 6.27. The first kappa shape index (κ1) is 19.1. The van der Waals surface area contributed by atoms with Crippen LogP contribution in [-0.4, -0.2) is 34.6 Å². The number of amides is 1. The van der Waals surface area contributed by atoms with Crippen molar-refractivity contribution in [3.63, 3.8) is 0 Å². The normalized spacial score (nSPS) is 12.6. The summed E-state index contributed by atoms with van der Waals surface area (Å²) in [6, 6.07) is 8.72. The van der Waals surface area contributed by atoms with Crippen molar-refractivity contribution in [2.24, 2.45) is 5.92 Å². The number of para-hydroxylation sites is 1. The average molecular weight is 354 g/mol. The topological polar surface area (TPSA) is 118 Å². The minimum atomic E-state index is -1.13. The number of carbonyl (C=O) groups is 2. The Hall–Kier alpha value is -3.27. The lowest BCUT2D eigenvalue weighted by molar-refractivity contribution is -0.142. The van der Waals surface area contributed by atoms with Gasteiger partial charge < -0.3 is 20.7 Å². The van der Waals surface area contributed by atoms with E-state index in [2.05, 4.69) is 15.6 Å². The molecule has 1 unspecified atom stereocenters. The lowest BCUT2D eigenvalue weighted by Gasteiger charge is -2.17. The number of rotatable bonds is 8. The Morgan fingerprint density at radius 1 is 1.35 bits per heavy atom. The van der Waals surface area contributed by atoms with Gasteiger partial charge in [-0.05, 0) is 24.0 Å². The van der Waals surface area contributed by atoms with Crippen molar-refractivity contribution in [2.45, 2.75) is 26.3 Å².